The molecule has 1 aromatic carbocycles. The van der Waals surface area contributed by atoms with Crippen LogP contribution in [0.2, 0.25) is 0 Å². The van der Waals surface area contributed by atoms with Gasteiger partial charge in [0.2, 0.25) is 0 Å². The zero-order chi connectivity index (χ0) is 16.1. The molecule has 1 aliphatic heterocycles. The second kappa shape index (κ2) is 7.54. The van der Waals surface area contributed by atoms with Gasteiger partial charge >= 0.3 is 0 Å². The number of hydrogen-bond donors (Lipinski definition) is 2. The Labute approximate surface area is 129 Å². The van der Waals surface area contributed by atoms with E-state index >= 15 is 0 Å². The molecule has 4 nitrogen and oxygen atoms in total. The maximum Gasteiger partial charge on any atom is 0.194 e. The Balaban J connectivity index is 2.04. The molecule has 1 fully saturated rings. The molecule has 0 spiro atoms. The highest BCUT2D eigenvalue weighted by Crippen LogP contribution is 2.19. The van der Waals surface area contributed by atoms with E-state index in [9.17, 15) is 13.9 Å². The summed E-state index contributed by atoms with van der Waals surface area (Å²) < 4.78 is 26.3. The summed E-state index contributed by atoms with van der Waals surface area (Å²) in [5.41, 5.74) is 0.722. The van der Waals surface area contributed by atoms with E-state index < -0.39 is 11.6 Å². The zero-order valence-electron chi connectivity index (χ0n) is 13.0. The summed E-state index contributed by atoms with van der Waals surface area (Å²) in [5, 5.41) is 12.8. The van der Waals surface area contributed by atoms with Crippen molar-refractivity contribution in [2.75, 3.05) is 26.2 Å². The summed E-state index contributed by atoms with van der Waals surface area (Å²) in [7, 11) is 0. The van der Waals surface area contributed by atoms with Crippen LogP contribution in [0.3, 0.4) is 0 Å². The molecule has 1 saturated heterocycles. The molecular formula is C16H23F2N3O. The summed E-state index contributed by atoms with van der Waals surface area (Å²) in [6.45, 7) is 6.47. The van der Waals surface area contributed by atoms with Gasteiger partial charge in [-0.1, -0.05) is 13.0 Å². The highest BCUT2D eigenvalue weighted by Gasteiger charge is 2.23. The third kappa shape index (κ3) is 4.16. The number of likely N-dealkylation sites (tertiary alicyclic amines) is 1. The quantitative estimate of drug-likeness (QED) is 0.661. The van der Waals surface area contributed by atoms with Crippen LogP contribution in [0.5, 0.6) is 0 Å². The normalized spacial score (nSPS) is 20.3. The van der Waals surface area contributed by atoms with E-state index in [4.69, 9.17) is 0 Å². The Morgan fingerprint density at radius 3 is 2.82 bits per heavy atom. The molecule has 1 heterocycles. The highest BCUT2D eigenvalue weighted by molar-refractivity contribution is 5.80. The molecule has 6 heteroatoms. The van der Waals surface area contributed by atoms with E-state index in [1.54, 1.807) is 6.07 Å². The number of halogens is 2. The first-order chi connectivity index (χ1) is 10.5. The number of aliphatic hydroxyl groups excluding tert-OH is 1. The lowest BCUT2D eigenvalue weighted by Gasteiger charge is -2.21. The van der Waals surface area contributed by atoms with Crippen molar-refractivity contribution in [2.45, 2.75) is 32.3 Å². The Hall–Kier alpha value is -1.69. The summed E-state index contributed by atoms with van der Waals surface area (Å²) in [6, 6.07) is 3.96. The van der Waals surface area contributed by atoms with Crippen LogP contribution in [0.1, 0.15) is 31.7 Å². The first-order valence-corrected chi connectivity index (χ1v) is 7.67. The Kier molecular flexibility index (Phi) is 5.71. The van der Waals surface area contributed by atoms with E-state index in [1.807, 2.05) is 18.7 Å². The summed E-state index contributed by atoms with van der Waals surface area (Å²) in [6.07, 6.45) is 0.427. The maximum absolute atomic E-state index is 13.3. The number of β-amino-alcohol motifs (C(OH)–C–C–N with tert-alkyl or cyclic N) is 1. The van der Waals surface area contributed by atoms with Crippen molar-refractivity contribution in [1.29, 1.82) is 0 Å². The van der Waals surface area contributed by atoms with Gasteiger partial charge in [-0.05, 0) is 31.0 Å². The van der Waals surface area contributed by atoms with Crippen LogP contribution in [0.25, 0.3) is 0 Å². The molecule has 0 aromatic heterocycles. The van der Waals surface area contributed by atoms with Gasteiger partial charge in [-0.3, -0.25) is 4.99 Å². The van der Waals surface area contributed by atoms with E-state index in [0.717, 1.165) is 37.1 Å². The van der Waals surface area contributed by atoms with Gasteiger partial charge in [0.25, 0.3) is 0 Å². The number of nitrogens with one attached hydrogen (secondary N) is 1. The predicted molar refractivity (Wildman–Crippen MR) is 82.9 cm³/mol. The van der Waals surface area contributed by atoms with Crippen LogP contribution in [-0.4, -0.2) is 48.2 Å². The number of rotatable bonds is 4. The molecule has 122 valence electrons. The molecule has 22 heavy (non-hydrogen) atoms. The molecule has 0 aliphatic carbocycles. The molecule has 2 N–H and O–H groups in total. The lowest BCUT2D eigenvalue weighted by atomic mass is 10.0. The number of hydrogen-bond acceptors (Lipinski definition) is 2. The minimum atomic E-state index is -0.834. The molecule has 0 amide bonds. The van der Waals surface area contributed by atoms with E-state index in [0.29, 0.717) is 13.1 Å². The average Bonchev–Trinajstić information content (AvgIpc) is 2.92. The van der Waals surface area contributed by atoms with Crippen molar-refractivity contribution >= 4 is 5.96 Å². The van der Waals surface area contributed by atoms with Crippen molar-refractivity contribution in [2.24, 2.45) is 4.99 Å². The second-order valence-corrected chi connectivity index (χ2v) is 5.66. The van der Waals surface area contributed by atoms with E-state index in [2.05, 4.69) is 10.3 Å². The van der Waals surface area contributed by atoms with Crippen LogP contribution < -0.4 is 5.32 Å². The van der Waals surface area contributed by atoms with Gasteiger partial charge in [0.15, 0.2) is 17.6 Å². The lowest BCUT2D eigenvalue weighted by molar-refractivity contribution is 0.188. The molecule has 2 rings (SSSR count). The molecule has 1 aliphatic rings. The van der Waals surface area contributed by atoms with E-state index in [1.165, 1.54) is 6.07 Å². The van der Waals surface area contributed by atoms with Crippen molar-refractivity contribution in [3.05, 3.63) is 35.4 Å². The van der Waals surface area contributed by atoms with Gasteiger partial charge in [0.05, 0.1) is 6.10 Å². The number of aliphatic imine (C=N–C) groups is 1. The summed E-state index contributed by atoms with van der Waals surface area (Å²) in [4.78, 5) is 6.58. The average molecular weight is 311 g/mol. The van der Waals surface area contributed by atoms with Crippen LogP contribution in [0, 0.1) is 11.6 Å². The largest absolute Gasteiger partial charge is 0.391 e. The molecule has 1 aromatic rings. The molecular weight excluding hydrogens is 288 g/mol. The molecule has 0 saturated carbocycles. The molecule has 1 unspecified atom stereocenters. The Morgan fingerprint density at radius 2 is 2.23 bits per heavy atom. The molecule has 0 bridgehead atoms. The smallest absolute Gasteiger partial charge is 0.194 e. The third-order valence-corrected chi connectivity index (χ3v) is 3.83. The van der Waals surface area contributed by atoms with Crippen LogP contribution >= 0.6 is 0 Å². The Bertz CT molecular complexity index is 536. The molecule has 2 atom stereocenters. The van der Waals surface area contributed by atoms with Gasteiger partial charge < -0.3 is 15.3 Å². The second-order valence-electron chi connectivity index (χ2n) is 5.66. The monoisotopic (exact) mass is 311 g/mol. The van der Waals surface area contributed by atoms with Crippen LogP contribution in [0.4, 0.5) is 8.78 Å². The molecule has 0 radical (unpaired) electrons. The lowest BCUT2D eigenvalue weighted by Crippen LogP contribution is -2.40. The highest BCUT2D eigenvalue weighted by atomic mass is 19.2. The SMILES string of the molecule is CCNC(=NCC(C)c1ccc(F)c(F)c1)N1CC[C@@H](O)C1. The van der Waals surface area contributed by atoms with Crippen molar-refractivity contribution in [1.82, 2.24) is 10.2 Å². The first kappa shape index (κ1) is 16.7. The fourth-order valence-corrected chi connectivity index (χ4v) is 2.51. The van der Waals surface area contributed by atoms with Gasteiger partial charge in [-0.15, -0.1) is 0 Å². The standard InChI is InChI=1S/C16H23F2N3O/c1-3-19-16(21-7-6-13(22)10-21)20-9-11(2)12-4-5-14(17)15(18)8-12/h4-5,8,11,13,22H,3,6-7,9-10H2,1-2H3,(H,19,20)/t11?,13-/m1/s1. The van der Waals surface area contributed by atoms with Crippen molar-refractivity contribution < 1.29 is 13.9 Å². The van der Waals surface area contributed by atoms with Gasteiger partial charge in [0, 0.05) is 32.1 Å². The fraction of sp³-hybridized carbons (Fsp3) is 0.562. The predicted octanol–water partition coefficient (Wildman–Crippen LogP) is 2.10. The number of guanidine groups is 1. The van der Waals surface area contributed by atoms with Crippen molar-refractivity contribution in [3.8, 4) is 0 Å². The minimum absolute atomic E-state index is 0.0173. The van der Waals surface area contributed by atoms with Gasteiger partial charge in [-0.25, -0.2) is 8.78 Å². The number of aliphatic hydroxyl groups is 1. The summed E-state index contributed by atoms with van der Waals surface area (Å²) >= 11 is 0. The van der Waals surface area contributed by atoms with Crippen molar-refractivity contribution in [3.63, 3.8) is 0 Å². The fourth-order valence-electron chi connectivity index (χ4n) is 2.51. The van der Waals surface area contributed by atoms with Gasteiger partial charge in [0.1, 0.15) is 0 Å². The third-order valence-electron chi connectivity index (χ3n) is 3.83. The first-order valence-electron chi connectivity index (χ1n) is 7.67. The number of nitrogens with zero attached hydrogens (tertiary/aromatic N) is 2. The van der Waals surface area contributed by atoms with Gasteiger partial charge in [-0.2, -0.15) is 0 Å². The van der Waals surface area contributed by atoms with E-state index in [-0.39, 0.29) is 12.0 Å². The topological polar surface area (TPSA) is 47.9 Å². The minimum Gasteiger partial charge on any atom is -0.391 e. The number of benzene rings is 1. The Morgan fingerprint density at radius 1 is 1.45 bits per heavy atom. The summed E-state index contributed by atoms with van der Waals surface area (Å²) in [5.74, 6) is -0.925. The van der Waals surface area contributed by atoms with Crippen LogP contribution in [0.15, 0.2) is 23.2 Å². The maximum atomic E-state index is 13.3. The van der Waals surface area contributed by atoms with Crippen LogP contribution in [-0.2, 0) is 0 Å². The zero-order valence-corrected chi connectivity index (χ0v) is 13.0.